The van der Waals surface area contributed by atoms with E-state index in [1.807, 2.05) is 55.4 Å². The summed E-state index contributed by atoms with van der Waals surface area (Å²) >= 11 is 0. The van der Waals surface area contributed by atoms with Gasteiger partial charge in [0.2, 0.25) is 5.91 Å². The fourth-order valence-electron chi connectivity index (χ4n) is 3.41. The van der Waals surface area contributed by atoms with E-state index in [1.165, 1.54) is 0 Å². The Labute approximate surface area is 165 Å². The molecule has 152 valence electrons. The highest BCUT2D eigenvalue weighted by Crippen LogP contribution is 2.22. The molecule has 3 rings (SSSR count). The number of carbonyl (C=O) groups excluding carboxylic acids is 1. The van der Waals surface area contributed by atoms with Crippen LogP contribution in [0.25, 0.3) is 0 Å². The maximum atomic E-state index is 12.2. The van der Waals surface area contributed by atoms with Crippen LogP contribution in [0.4, 0.5) is 0 Å². The fourth-order valence-corrected chi connectivity index (χ4v) is 3.41. The number of ether oxygens (including phenoxy) is 1. The zero-order valence-corrected chi connectivity index (χ0v) is 16.5. The minimum atomic E-state index is -0.574. The molecule has 0 unspecified atom stereocenters. The Morgan fingerprint density at radius 2 is 2.07 bits per heavy atom. The van der Waals surface area contributed by atoms with Gasteiger partial charge in [0.05, 0.1) is 30.9 Å². The summed E-state index contributed by atoms with van der Waals surface area (Å²) in [5, 5.41) is 17.2. The van der Waals surface area contributed by atoms with Crippen LogP contribution in [0.15, 0.2) is 40.9 Å². The van der Waals surface area contributed by atoms with Gasteiger partial charge >= 0.3 is 0 Å². The summed E-state index contributed by atoms with van der Waals surface area (Å²) in [7, 11) is 3.95. The molecule has 0 saturated carbocycles. The third kappa shape index (κ3) is 6.15. The van der Waals surface area contributed by atoms with Crippen molar-refractivity contribution >= 4 is 5.91 Å². The highest BCUT2D eigenvalue weighted by Gasteiger charge is 2.30. The molecule has 1 aromatic carbocycles. The third-order valence-electron chi connectivity index (χ3n) is 4.81. The minimum Gasteiger partial charge on any atom is -0.390 e. The molecule has 1 aliphatic rings. The van der Waals surface area contributed by atoms with Crippen molar-refractivity contribution in [3.63, 3.8) is 0 Å². The number of carbonyl (C=O) groups is 1. The number of rotatable bonds is 8. The number of nitrogens with one attached hydrogen (secondary N) is 1. The van der Waals surface area contributed by atoms with Gasteiger partial charge in [-0.05, 0) is 32.5 Å². The fraction of sp³-hybridized carbons (Fsp3) is 0.524. The molecule has 2 aromatic rings. The van der Waals surface area contributed by atoms with Gasteiger partial charge in [0.1, 0.15) is 6.10 Å². The van der Waals surface area contributed by atoms with Crippen molar-refractivity contribution in [2.75, 3.05) is 20.6 Å². The lowest BCUT2D eigenvalue weighted by molar-refractivity contribution is -0.128. The van der Waals surface area contributed by atoms with E-state index in [0.29, 0.717) is 32.4 Å². The van der Waals surface area contributed by atoms with Crippen LogP contribution in [-0.2, 0) is 28.9 Å². The Kier molecular flexibility index (Phi) is 7.19. The van der Waals surface area contributed by atoms with Gasteiger partial charge in [-0.15, -0.1) is 0 Å². The topological polar surface area (TPSA) is 87.8 Å². The molecule has 7 nitrogen and oxygen atoms in total. The average molecular weight is 387 g/mol. The van der Waals surface area contributed by atoms with Crippen molar-refractivity contribution in [3.05, 3.63) is 53.4 Å². The smallest absolute Gasteiger partial charge is 0.224 e. The van der Waals surface area contributed by atoms with E-state index in [0.717, 1.165) is 23.4 Å². The first-order valence-electron chi connectivity index (χ1n) is 9.73. The van der Waals surface area contributed by atoms with Gasteiger partial charge < -0.3 is 24.6 Å². The molecule has 0 spiro atoms. The second-order valence-corrected chi connectivity index (χ2v) is 7.63. The summed E-state index contributed by atoms with van der Waals surface area (Å²) in [4.78, 5) is 14.2. The van der Waals surface area contributed by atoms with Gasteiger partial charge in [0.25, 0.3) is 0 Å². The van der Waals surface area contributed by atoms with Gasteiger partial charge in [-0.1, -0.05) is 35.5 Å². The van der Waals surface area contributed by atoms with Gasteiger partial charge in [-0.3, -0.25) is 4.79 Å². The lowest BCUT2D eigenvalue weighted by Crippen LogP contribution is -2.46. The van der Waals surface area contributed by atoms with Crippen LogP contribution in [-0.4, -0.2) is 60.0 Å². The van der Waals surface area contributed by atoms with E-state index >= 15 is 0 Å². The van der Waals surface area contributed by atoms with Crippen LogP contribution in [0.1, 0.15) is 29.9 Å². The van der Waals surface area contributed by atoms with E-state index in [1.54, 1.807) is 0 Å². The van der Waals surface area contributed by atoms with Crippen molar-refractivity contribution in [1.82, 2.24) is 15.4 Å². The summed E-state index contributed by atoms with van der Waals surface area (Å²) in [6, 6.07) is 11.5. The number of aromatic nitrogens is 1. The number of hydrogen-bond acceptors (Lipinski definition) is 6. The lowest BCUT2D eigenvalue weighted by atomic mass is 9.98. The van der Waals surface area contributed by atoms with Gasteiger partial charge in [0, 0.05) is 19.0 Å². The summed E-state index contributed by atoms with van der Waals surface area (Å²) in [5.41, 5.74) is 1.81. The summed E-state index contributed by atoms with van der Waals surface area (Å²) in [5.74, 6) is 0.745. The van der Waals surface area contributed by atoms with Crippen molar-refractivity contribution in [3.8, 4) is 0 Å². The molecule has 0 radical (unpaired) electrons. The quantitative estimate of drug-likeness (QED) is 0.715. The Balaban J connectivity index is 1.47. The number of hydrogen-bond donors (Lipinski definition) is 2. The van der Waals surface area contributed by atoms with Gasteiger partial charge in [-0.25, -0.2) is 0 Å². The van der Waals surface area contributed by atoms with E-state index < -0.39 is 12.2 Å². The average Bonchev–Trinajstić information content (AvgIpc) is 3.09. The van der Waals surface area contributed by atoms with E-state index in [2.05, 4.69) is 10.5 Å². The Morgan fingerprint density at radius 1 is 1.29 bits per heavy atom. The first kappa shape index (κ1) is 20.5. The first-order chi connectivity index (χ1) is 13.5. The maximum absolute atomic E-state index is 12.2. The van der Waals surface area contributed by atoms with Crippen molar-refractivity contribution in [2.24, 2.45) is 0 Å². The molecule has 1 fully saturated rings. The van der Waals surface area contributed by atoms with E-state index in [-0.39, 0.29) is 12.0 Å². The number of benzene rings is 1. The Hall–Kier alpha value is -2.22. The van der Waals surface area contributed by atoms with Gasteiger partial charge in [0.15, 0.2) is 5.76 Å². The SMILES string of the molecule is CN(C)Cc1cc(C[C@@H]2CC[C@H](O)[C@@H](CNC(=O)Cc3ccccc3)O2)no1. The van der Waals surface area contributed by atoms with E-state index in [4.69, 9.17) is 9.26 Å². The van der Waals surface area contributed by atoms with Gasteiger partial charge in [-0.2, -0.15) is 0 Å². The second kappa shape index (κ2) is 9.82. The molecule has 1 aromatic heterocycles. The normalized spacial score (nSPS) is 22.4. The molecule has 1 amide bonds. The third-order valence-corrected chi connectivity index (χ3v) is 4.81. The van der Waals surface area contributed by atoms with Crippen LogP contribution in [0.3, 0.4) is 0 Å². The number of amides is 1. The van der Waals surface area contributed by atoms with Crippen LogP contribution >= 0.6 is 0 Å². The molecule has 28 heavy (non-hydrogen) atoms. The number of nitrogens with zero attached hydrogens (tertiary/aromatic N) is 2. The molecule has 3 atom stereocenters. The second-order valence-electron chi connectivity index (χ2n) is 7.63. The molecule has 0 bridgehead atoms. The van der Waals surface area contributed by atoms with Crippen LogP contribution in [0.2, 0.25) is 0 Å². The number of aliphatic hydroxyl groups is 1. The first-order valence-corrected chi connectivity index (χ1v) is 9.73. The summed E-state index contributed by atoms with van der Waals surface area (Å²) < 4.78 is 11.4. The van der Waals surface area contributed by atoms with Crippen molar-refractivity contribution in [1.29, 1.82) is 0 Å². The standard InChI is InChI=1S/C21H29N3O4/c1-24(2)14-18-12-16(23-28-18)11-17-8-9-19(25)20(27-17)13-22-21(26)10-15-6-4-3-5-7-15/h3-7,12,17,19-20,25H,8-11,13-14H2,1-2H3,(H,22,26)/t17-,19-,20+/m0/s1. The molecule has 1 aliphatic heterocycles. The summed E-state index contributed by atoms with van der Waals surface area (Å²) in [6.45, 7) is 1.00. The van der Waals surface area contributed by atoms with E-state index in [9.17, 15) is 9.90 Å². The number of aliphatic hydroxyl groups excluding tert-OH is 1. The monoisotopic (exact) mass is 387 g/mol. The summed E-state index contributed by atoms with van der Waals surface area (Å²) in [6.07, 6.45) is 1.33. The molecule has 2 heterocycles. The molecular weight excluding hydrogens is 358 g/mol. The zero-order valence-electron chi connectivity index (χ0n) is 16.5. The highest BCUT2D eigenvalue weighted by molar-refractivity contribution is 5.78. The Morgan fingerprint density at radius 3 is 2.82 bits per heavy atom. The Bertz CT molecular complexity index is 747. The predicted molar refractivity (Wildman–Crippen MR) is 105 cm³/mol. The maximum Gasteiger partial charge on any atom is 0.224 e. The zero-order chi connectivity index (χ0) is 19.9. The molecule has 0 aliphatic carbocycles. The minimum absolute atomic E-state index is 0.0447. The van der Waals surface area contributed by atoms with Crippen LogP contribution < -0.4 is 5.32 Å². The lowest BCUT2D eigenvalue weighted by Gasteiger charge is -2.33. The highest BCUT2D eigenvalue weighted by atomic mass is 16.5. The van der Waals surface area contributed by atoms with Crippen LogP contribution in [0.5, 0.6) is 0 Å². The largest absolute Gasteiger partial charge is 0.390 e. The van der Waals surface area contributed by atoms with Crippen molar-refractivity contribution in [2.45, 2.75) is 50.5 Å². The molecular formula is C21H29N3O4. The molecule has 1 saturated heterocycles. The predicted octanol–water partition coefficient (Wildman–Crippen LogP) is 1.55. The van der Waals surface area contributed by atoms with Crippen molar-refractivity contribution < 1.29 is 19.2 Å². The molecule has 7 heteroatoms. The van der Waals surface area contributed by atoms with Crippen LogP contribution in [0, 0.1) is 0 Å². The molecule has 2 N–H and O–H groups in total.